The third-order valence-electron chi connectivity index (χ3n) is 6.40. The molecule has 222 valence electrons. The molecule has 10 nitrogen and oxygen atoms in total. The summed E-state index contributed by atoms with van der Waals surface area (Å²) in [4.78, 5) is 42.8. The van der Waals surface area contributed by atoms with E-state index in [0.29, 0.717) is 24.2 Å². The lowest BCUT2D eigenvalue weighted by molar-refractivity contribution is -0.127. The maximum Gasteiger partial charge on any atom is 0.275 e. The largest absolute Gasteiger partial charge is 0.383 e. The number of nitrogens with zero attached hydrogens (tertiary/aromatic N) is 5. The molecule has 42 heavy (non-hydrogen) atoms. The number of allylic oxidation sites excluding steroid dienone is 2. The van der Waals surface area contributed by atoms with E-state index in [-0.39, 0.29) is 40.6 Å². The van der Waals surface area contributed by atoms with Crippen LogP contribution in [0.15, 0.2) is 57.7 Å². The molecule has 1 saturated heterocycles. The Hall–Kier alpha value is -4.39. The predicted molar refractivity (Wildman–Crippen MR) is 155 cm³/mol. The van der Waals surface area contributed by atoms with E-state index in [1.54, 1.807) is 25.0 Å². The Morgan fingerprint density at radius 1 is 1.36 bits per heavy atom. The lowest BCUT2D eigenvalue weighted by atomic mass is 10.0. The number of carbonyl (C=O) groups is 2. The normalized spacial score (nSPS) is 17.0. The molecular formula is C28H30ClF3N8O2. The summed E-state index contributed by atoms with van der Waals surface area (Å²) in [6.45, 7) is 9.95. The molecule has 1 aromatic carbocycles. The second-order valence-electron chi connectivity index (χ2n) is 9.58. The first-order valence-corrected chi connectivity index (χ1v) is 13.2. The van der Waals surface area contributed by atoms with Crippen molar-refractivity contribution in [2.75, 3.05) is 13.2 Å². The van der Waals surface area contributed by atoms with Crippen molar-refractivity contribution < 1.29 is 22.8 Å². The van der Waals surface area contributed by atoms with E-state index in [0.717, 1.165) is 30.7 Å². The number of likely N-dealkylation sites (tertiary alicyclic amines) is 1. The highest BCUT2D eigenvalue weighted by Gasteiger charge is 2.26. The van der Waals surface area contributed by atoms with Gasteiger partial charge in [-0.25, -0.2) is 18.2 Å². The van der Waals surface area contributed by atoms with Crippen LogP contribution in [0.5, 0.6) is 0 Å². The summed E-state index contributed by atoms with van der Waals surface area (Å²) < 4.78 is 41.8. The Kier molecular flexibility index (Phi) is 11.1. The Morgan fingerprint density at radius 3 is 2.71 bits per heavy atom. The number of benzene rings is 1. The molecule has 0 spiro atoms. The van der Waals surface area contributed by atoms with Crippen LogP contribution in [0.2, 0.25) is 5.02 Å². The van der Waals surface area contributed by atoms with Crippen molar-refractivity contribution in [1.29, 1.82) is 5.41 Å². The Balaban J connectivity index is 1.75. The van der Waals surface area contributed by atoms with Gasteiger partial charge in [-0.2, -0.15) is 0 Å². The second kappa shape index (κ2) is 14.5. The van der Waals surface area contributed by atoms with Gasteiger partial charge in [0.2, 0.25) is 5.91 Å². The van der Waals surface area contributed by atoms with E-state index in [4.69, 9.17) is 17.0 Å². The summed E-state index contributed by atoms with van der Waals surface area (Å²) in [6.07, 6.45) is 3.42. The molecule has 2 amide bonds. The minimum absolute atomic E-state index is 0.0263. The van der Waals surface area contributed by atoms with Gasteiger partial charge in [-0.05, 0) is 32.5 Å². The van der Waals surface area contributed by atoms with Crippen LogP contribution in [0.1, 0.15) is 49.7 Å². The third-order valence-corrected chi connectivity index (χ3v) is 6.69. The molecule has 1 aromatic heterocycles. The quantitative estimate of drug-likeness (QED) is 0.296. The van der Waals surface area contributed by atoms with E-state index in [9.17, 15) is 22.8 Å². The van der Waals surface area contributed by atoms with Gasteiger partial charge in [0.1, 0.15) is 12.4 Å². The first-order valence-electron chi connectivity index (χ1n) is 12.8. The average Bonchev–Trinajstić information content (AvgIpc) is 3.29. The highest BCUT2D eigenvalue weighted by molar-refractivity contribution is 6.31. The van der Waals surface area contributed by atoms with Gasteiger partial charge in [-0.15, -0.1) is 0 Å². The van der Waals surface area contributed by atoms with Crippen LogP contribution in [0.4, 0.5) is 13.2 Å². The number of hydrogen-bond donors (Lipinski definition) is 3. The Bertz CT molecular complexity index is 1460. The van der Waals surface area contributed by atoms with Gasteiger partial charge < -0.3 is 20.9 Å². The summed E-state index contributed by atoms with van der Waals surface area (Å²) >= 11 is 5.79. The number of aromatic nitrogens is 2. The van der Waals surface area contributed by atoms with Crippen molar-refractivity contribution in [3.63, 3.8) is 0 Å². The topological polar surface area (TPSA) is 136 Å². The number of rotatable bonds is 12. The molecule has 3 rings (SSSR count). The first-order chi connectivity index (χ1) is 20.0. The molecule has 0 saturated carbocycles. The highest BCUT2D eigenvalue weighted by atomic mass is 35.5. The summed E-state index contributed by atoms with van der Waals surface area (Å²) in [7, 11) is 0. The van der Waals surface area contributed by atoms with E-state index >= 15 is 0 Å². The molecule has 0 aliphatic carbocycles. The van der Waals surface area contributed by atoms with Gasteiger partial charge >= 0.3 is 0 Å². The molecular weight excluding hydrogens is 573 g/mol. The monoisotopic (exact) mass is 602 g/mol. The first kappa shape index (κ1) is 32.1. The fourth-order valence-electron chi connectivity index (χ4n) is 4.17. The summed E-state index contributed by atoms with van der Waals surface area (Å²) in [6, 6.07) is 1.59. The van der Waals surface area contributed by atoms with Crippen molar-refractivity contribution >= 4 is 42.6 Å². The van der Waals surface area contributed by atoms with E-state index in [1.807, 2.05) is 6.92 Å². The fourth-order valence-corrected chi connectivity index (χ4v) is 4.33. The third kappa shape index (κ3) is 7.87. The lowest BCUT2D eigenvalue weighted by Crippen LogP contribution is -2.30. The smallest absolute Gasteiger partial charge is 0.275 e. The standard InChI is InChI=1S/C28H30ClF3N8O2/c1-15-7-24(41)40(13-15)14-36-10-20(16(2)34-4)17(3)37-9-18(8-33)38-28(42)23-12-35-11-22(39-23)25-19(27(31)32)5-6-21(29)26(25)30/h5-6,8-12,15,17,27,33,37H,4,7,13-14H2,1-3H3,(H,38,42)/b18-9+,20-16+,33-8?,36-10-/t15?,17-/m0/s1. The van der Waals surface area contributed by atoms with Crippen LogP contribution in [0, 0.1) is 17.1 Å². The van der Waals surface area contributed by atoms with Crippen LogP contribution in [-0.4, -0.2) is 65.1 Å². The number of amides is 2. The van der Waals surface area contributed by atoms with E-state index in [2.05, 4.69) is 37.3 Å². The predicted octanol–water partition coefficient (Wildman–Crippen LogP) is 4.94. The van der Waals surface area contributed by atoms with Crippen LogP contribution >= 0.6 is 11.6 Å². The minimum atomic E-state index is -3.03. The Labute approximate surface area is 246 Å². The molecule has 1 aliphatic heterocycles. The molecule has 2 heterocycles. The van der Waals surface area contributed by atoms with Crippen LogP contribution in [0.3, 0.4) is 0 Å². The second-order valence-corrected chi connectivity index (χ2v) is 9.99. The van der Waals surface area contributed by atoms with Gasteiger partial charge in [0.15, 0.2) is 5.82 Å². The van der Waals surface area contributed by atoms with E-state index in [1.165, 1.54) is 6.20 Å². The van der Waals surface area contributed by atoms with Crippen LogP contribution in [0.25, 0.3) is 11.3 Å². The zero-order valence-electron chi connectivity index (χ0n) is 23.2. The fraction of sp³-hybridized carbons (Fsp3) is 0.321. The van der Waals surface area contributed by atoms with Gasteiger partial charge in [-0.3, -0.25) is 24.6 Å². The van der Waals surface area contributed by atoms with Gasteiger partial charge in [0.05, 0.1) is 34.8 Å². The van der Waals surface area contributed by atoms with Crippen molar-refractivity contribution in [1.82, 2.24) is 25.5 Å². The lowest BCUT2D eigenvalue weighted by Gasteiger charge is -2.17. The molecule has 1 unspecified atom stereocenters. The molecule has 14 heteroatoms. The van der Waals surface area contributed by atoms with Gasteiger partial charge in [0, 0.05) is 54.0 Å². The minimum Gasteiger partial charge on any atom is -0.383 e. The van der Waals surface area contributed by atoms with Crippen molar-refractivity contribution in [2.45, 2.75) is 39.7 Å². The number of aliphatic imine (C=N–C) groups is 2. The maximum absolute atomic E-state index is 14.7. The van der Waals surface area contributed by atoms with Crippen LogP contribution in [-0.2, 0) is 4.79 Å². The highest BCUT2D eigenvalue weighted by Crippen LogP contribution is 2.35. The van der Waals surface area contributed by atoms with Crippen molar-refractivity contribution in [3.8, 4) is 11.3 Å². The molecule has 2 aromatic rings. The number of carbonyl (C=O) groups excluding carboxylic acids is 2. The molecule has 3 N–H and O–H groups in total. The van der Waals surface area contributed by atoms with Crippen molar-refractivity contribution in [2.24, 2.45) is 15.9 Å². The molecule has 1 aliphatic rings. The zero-order valence-corrected chi connectivity index (χ0v) is 23.9. The SMILES string of the molecule is C=N/C(C)=C(\C=N/CN1CC(C)CC1=O)[C@H](C)N/C=C(\C=N)NC(=O)c1cncc(-c2c(C(F)F)ccc(Cl)c2F)n1. The number of nitrogens with one attached hydrogen (secondary N) is 3. The number of halogens is 4. The average molecular weight is 603 g/mol. The summed E-state index contributed by atoms with van der Waals surface area (Å²) in [5, 5.41) is 12.8. The number of hydrogen-bond acceptors (Lipinski definition) is 8. The molecule has 1 fully saturated rings. The number of alkyl halides is 2. The van der Waals surface area contributed by atoms with Gasteiger partial charge in [0.25, 0.3) is 12.3 Å². The molecule has 0 bridgehead atoms. The zero-order chi connectivity index (χ0) is 31.0. The Morgan fingerprint density at radius 2 is 2.10 bits per heavy atom. The van der Waals surface area contributed by atoms with Gasteiger partial charge in [-0.1, -0.05) is 24.6 Å². The van der Waals surface area contributed by atoms with E-state index < -0.39 is 35.3 Å². The summed E-state index contributed by atoms with van der Waals surface area (Å²) in [5.41, 5.74) is -0.562. The summed E-state index contributed by atoms with van der Waals surface area (Å²) in [5.74, 6) is -1.61. The molecule has 0 radical (unpaired) electrons. The van der Waals surface area contributed by atoms with Crippen LogP contribution < -0.4 is 10.6 Å². The van der Waals surface area contributed by atoms with Crippen molar-refractivity contribution in [3.05, 3.63) is 69.8 Å². The maximum atomic E-state index is 14.7. The molecule has 2 atom stereocenters.